The van der Waals surface area contributed by atoms with Gasteiger partial charge in [0.15, 0.2) is 0 Å². The minimum Gasteiger partial charge on any atom is -0.373 e. The van der Waals surface area contributed by atoms with Gasteiger partial charge in [-0.3, -0.25) is 0 Å². The lowest BCUT2D eigenvalue weighted by molar-refractivity contribution is -0.0879. The summed E-state index contributed by atoms with van der Waals surface area (Å²) in [6, 6.07) is 13.3. The van der Waals surface area contributed by atoms with Crippen molar-refractivity contribution in [1.29, 1.82) is 0 Å². The highest BCUT2D eigenvalue weighted by atomic mass is 79.9. The van der Waals surface area contributed by atoms with Crippen LogP contribution in [0.5, 0.6) is 0 Å². The first kappa shape index (κ1) is 27.1. The molecular weight excluding hydrogens is 463 g/mol. The van der Waals surface area contributed by atoms with Crippen molar-refractivity contribution in [2.24, 2.45) is 10.8 Å². The molecule has 178 valence electrons. The predicted octanol–water partition coefficient (Wildman–Crippen LogP) is 9.96. The highest BCUT2D eigenvalue weighted by Crippen LogP contribution is 2.44. The molecule has 0 saturated heterocycles. The van der Waals surface area contributed by atoms with Crippen LogP contribution >= 0.6 is 15.9 Å². The van der Waals surface area contributed by atoms with E-state index in [0.717, 1.165) is 22.0 Å². The van der Waals surface area contributed by atoms with Gasteiger partial charge in [0, 0.05) is 10.0 Å². The maximum Gasteiger partial charge on any atom is 0.132 e. The summed E-state index contributed by atoms with van der Waals surface area (Å²) < 4.78 is 21.6. The van der Waals surface area contributed by atoms with E-state index in [1.807, 2.05) is 24.3 Å². The van der Waals surface area contributed by atoms with Gasteiger partial charge < -0.3 is 4.74 Å². The number of ether oxygens (including phenoxy) is 1. The summed E-state index contributed by atoms with van der Waals surface area (Å²) >= 11 is 3.32. The summed E-state index contributed by atoms with van der Waals surface area (Å²) in [5.74, 6) is -0.214. The van der Waals surface area contributed by atoms with Gasteiger partial charge in [-0.05, 0) is 40.5 Å². The Balaban J connectivity index is 2.02. The number of halogens is 2. The Kier molecular flexibility index (Phi) is 10.4. The monoisotopic (exact) mass is 504 g/mol. The first-order valence-electron chi connectivity index (χ1n) is 12.2. The van der Waals surface area contributed by atoms with Gasteiger partial charge in [-0.15, -0.1) is 0 Å². The molecule has 0 fully saturated rings. The minimum absolute atomic E-state index is 0.0664. The molecule has 0 heterocycles. The van der Waals surface area contributed by atoms with Gasteiger partial charge in [0.05, 0.1) is 12.7 Å². The SMILES string of the molecule is CCCCCCCCC(OCc1ccc(-c2ccc(Br)cc2F)cc1)C(C)(C)C(C)(C)C. The largest absolute Gasteiger partial charge is 0.373 e. The van der Waals surface area contributed by atoms with Crippen molar-refractivity contribution in [3.05, 3.63) is 58.3 Å². The van der Waals surface area contributed by atoms with Crippen molar-refractivity contribution in [3.8, 4) is 11.1 Å². The van der Waals surface area contributed by atoms with Gasteiger partial charge >= 0.3 is 0 Å². The van der Waals surface area contributed by atoms with Crippen LogP contribution in [0.2, 0.25) is 0 Å². The van der Waals surface area contributed by atoms with E-state index >= 15 is 0 Å². The van der Waals surface area contributed by atoms with Gasteiger partial charge in [-0.2, -0.15) is 0 Å². The fourth-order valence-electron chi connectivity index (χ4n) is 3.95. The molecule has 0 spiro atoms. The summed E-state index contributed by atoms with van der Waals surface area (Å²) in [7, 11) is 0. The molecule has 1 atom stereocenters. The molecule has 0 aliphatic rings. The molecule has 0 amide bonds. The topological polar surface area (TPSA) is 9.23 Å². The van der Waals surface area contributed by atoms with E-state index in [9.17, 15) is 4.39 Å². The second-order valence-electron chi connectivity index (χ2n) is 10.6. The maximum atomic E-state index is 14.3. The molecule has 1 unspecified atom stereocenters. The molecule has 2 aromatic carbocycles. The third-order valence-electron chi connectivity index (χ3n) is 7.21. The van der Waals surface area contributed by atoms with E-state index in [4.69, 9.17) is 4.74 Å². The quantitative estimate of drug-likeness (QED) is 0.261. The average Bonchev–Trinajstić information content (AvgIpc) is 2.72. The number of hydrogen-bond donors (Lipinski definition) is 0. The second-order valence-corrected chi connectivity index (χ2v) is 11.6. The standard InChI is InChI=1S/C29H42BrFO/c1-7-8-9-10-11-12-13-27(29(5,6)28(2,3)4)32-21-22-14-16-23(17-15-22)25-19-18-24(30)20-26(25)31/h14-20,27H,7-13,21H2,1-6H3. The molecule has 32 heavy (non-hydrogen) atoms. The molecule has 2 aromatic rings. The zero-order valence-electron chi connectivity index (χ0n) is 20.9. The van der Waals surface area contributed by atoms with E-state index in [-0.39, 0.29) is 22.8 Å². The van der Waals surface area contributed by atoms with E-state index in [0.29, 0.717) is 12.2 Å². The molecule has 2 rings (SSSR count). The third kappa shape index (κ3) is 7.70. The number of unbranched alkanes of at least 4 members (excludes halogenated alkanes) is 5. The second kappa shape index (κ2) is 12.3. The fraction of sp³-hybridized carbons (Fsp3) is 0.586. The smallest absolute Gasteiger partial charge is 0.132 e. The Hall–Kier alpha value is -1.19. The maximum absolute atomic E-state index is 14.3. The Morgan fingerprint density at radius 3 is 2.09 bits per heavy atom. The lowest BCUT2D eigenvalue weighted by atomic mass is 9.65. The van der Waals surface area contributed by atoms with Crippen molar-refractivity contribution < 1.29 is 9.13 Å². The van der Waals surface area contributed by atoms with Crippen molar-refractivity contribution in [2.75, 3.05) is 0 Å². The Labute approximate surface area is 204 Å². The van der Waals surface area contributed by atoms with Gasteiger partial charge in [0.2, 0.25) is 0 Å². The molecule has 1 nitrogen and oxygen atoms in total. The predicted molar refractivity (Wildman–Crippen MR) is 139 cm³/mol. The van der Waals surface area contributed by atoms with Crippen molar-refractivity contribution >= 4 is 15.9 Å². The molecule has 0 aliphatic heterocycles. The van der Waals surface area contributed by atoms with Gasteiger partial charge in [-0.1, -0.05) is 126 Å². The summed E-state index contributed by atoms with van der Waals surface area (Å²) in [6.45, 7) is 14.5. The summed E-state index contributed by atoms with van der Waals surface area (Å²) in [5, 5.41) is 0. The number of rotatable bonds is 12. The lowest BCUT2D eigenvalue weighted by Gasteiger charge is -2.45. The third-order valence-corrected chi connectivity index (χ3v) is 7.70. The van der Waals surface area contributed by atoms with Crippen LogP contribution in [-0.2, 0) is 11.3 Å². The van der Waals surface area contributed by atoms with Crippen LogP contribution in [-0.4, -0.2) is 6.10 Å². The first-order chi connectivity index (χ1) is 15.1. The highest BCUT2D eigenvalue weighted by Gasteiger charge is 2.40. The van der Waals surface area contributed by atoms with E-state index < -0.39 is 0 Å². The van der Waals surface area contributed by atoms with Crippen molar-refractivity contribution in [1.82, 2.24) is 0 Å². The fourth-order valence-corrected chi connectivity index (χ4v) is 4.28. The number of hydrogen-bond acceptors (Lipinski definition) is 1. The minimum atomic E-state index is -0.214. The van der Waals surface area contributed by atoms with Gasteiger partial charge in [0.1, 0.15) is 5.82 Å². The zero-order chi connectivity index (χ0) is 23.8. The van der Waals surface area contributed by atoms with Crippen LogP contribution in [0.3, 0.4) is 0 Å². The van der Waals surface area contributed by atoms with Gasteiger partial charge in [-0.25, -0.2) is 4.39 Å². The molecular formula is C29H42BrFO. The molecule has 0 saturated carbocycles. The molecule has 0 aromatic heterocycles. The van der Waals surface area contributed by atoms with E-state index in [1.165, 1.54) is 44.6 Å². The summed E-state index contributed by atoms with van der Waals surface area (Å²) in [6.07, 6.45) is 9.10. The average molecular weight is 506 g/mol. The normalized spacial score (nSPS) is 13.4. The summed E-state index contributed by atoms with van der Waals surface area (Å²) in [4.78, 5) is 0. The summed E-state index contributed by atoms with van der Waals surface area (Å²) in [5.41, 5.74) is 2.86. The van der Waals surface area contributed by atoms with Crippen LogP contribution in [0.1, 0.15) is 92.1 Å². The van der Waals surface area contributed by atoms with Gasteiger partial charge in [0.25, 0.3) is 0 Å². The molecule has 0 bridgehead atoms. The molecule has 0 aliphatic carbocycles. The number of benzene rings is 2. The first-order valence-corrected chi connectivity index (χ1v) is 13.0. The van der Waals surface area contributed by atoms with Crippen LogP contribution in [0, 0.1) is 16.6 Å². The highest BCUT2D eigenvalue weighted by molar-refractivity contribution is 9.10. The molecule has 3 heteroatoms. The van der Waals surface area contributed by atoms with E-state index in [1.54, 1.807) is 0 Å². The van der Waals surface area contributed by atoms with Crippen LogP contribution in [0.25, 0.3) is 11.1 Å². The molecule has 0 N–H and O–H groups in total. The van der Waals surface area contributed by atoms with Crippen molar-refractivity contribution in [2.45, 2.75) is 99.2 Å². The van der Waals surface area contributed by atoms with Crippen LogP contribution in [0.15, 0.2) is 46.9 Å². The Bertz CT molecular complexity index is 820. The van der Waals surface area contributed by atoms with Crippen LogP contribution in [0.4, 0.5) is 4.39 Å². The Morgan fingerprint density at radius 1 is 0.875 bits per heavy atom. The van der Waals surface area contributed by atoms with E-state index in [2.05, 4.69) is 69.6 Å². The lowest BCUT2D eigenvalue weighted by Crippen LogP contribution is -2.42. The Morgan fingerprint density at radius 2 is 1.50 bits per heavy atom. The van der Waals surface area contributed by atoms with Crippen LogP contribution < -0.4 is 0 Å². The zero-order valence-corrected chi connectivity index (χ0v) is 22.5. The molecule has 0 radical (unpaired) electrons. The van der Waals surface area contributed by atoms with Crippen molar-refractivity contribution in [3.63, 3.8) is 0 Å².